The average Bonchev–Trinajstić information content (AvgIpc) is 3.58. The largest absolute Gasteiger partial charge is 0.458 e. The van der Waals surface area contributed by atoms with Gasteiger partial charge >= 0.3 is 0 Å². The Morgan fingerprint density at radius 2 is 1.12 bits per heavy atom. The number of rotatable bonds is 1. The predicted octanol–water partition coefficient (Wildman–Crippen LogP) is 7.82. The fraction of sp³-hybridized carbons (Fsp3) is 0.0208. The molecule has 0 N–H and O–H groups in total. The molecule has 4 heteroatoms. The van der Waals surface area contributed by atoms with Crippen LogP contribution in [-0.2, 0) is 0 Å². The van der Waals surface area contributed by atoms with E-state index in [1.807, 2.05) is 0 Å². The highest BCUT2D eigenvalue weighted by Gasteiger charge is 2.41. The summed E-state index contributed by atoms with van der Waals surface area (Å²) in [5.41, 5.74) is 11.6. The van der Waals surface area contributed by atoms with E-state index < -0.39 is 0 Å². The predicted molar refractivity (Wildman–Crippen MR) is 208 cm³/mol. The van der Waals surface area contributed by atoms with E-state index in [1.165, 1.54) is 64.9 Å². The van der Waals surface area contributed by atoms with Crippen molar-refractivity contribution in [3.63, 3.8) is 0 Å². The van der Waals surface area contributed by atoms with E-state index in [2.05, 4.69) is 164 Å². The van der Waals surface area contributed by atoms with E-state index in [1.54, 1.807) is 0 Å². The molecule has 1 unspecified atom stereocenters. The first-order chi connectivity index (χ1) is 25.8. The summed E-state index contributed by atoms with van der Waals surface area (Å²) < 4.78 is 13.5. The molecular formula is C48H28BNO2. The standard InChI is InChI=1S/C48H28BNO2/c1-3-15-33-30(12-1)31-13-2-4-16-34(31)46-36(24-25-37-32-14-5-8-21-40(32)50-48(37)46)35-18-11-17-29(45(33)35)28-26-43-47-44(27-28)52-42-23-10-7-20-39(42)49(47)38-19-6-9-22-41(38)51-43/h1-27,29H/b31-30-,45-33-,46-34+. The zero-order valence-corrected chi connectivity index (χ0v) is 28.0. The highest BCUT2D eigenvalue weighted by Crippen LogP contribution is 2.45. The Bertz CT molecular complexity index is 3090. The smallest absolute Gasteiger partial charge is 0.260 e. The van der Waals surface area contributed by atoms with E-state index in [-0.39, 0.29) is 12.6 Å². The fourth-order valence-electron chi connectivity index (χ4n) is 9.27. The first-order valence-electron chi connectivity index (χ1n) is 17.9. The van der Waals surface area contributed by atoms with Gasteiger partial charge in [-0.15, -0.1) is 0 Å². The number of ether oxygens (including phenoxy) is 2. The lowest BCUT2D eigenvalue weighted by Gasteiger charge is -2.34. The van der Waals surface area contributed by atoms with Crippen LogP contribution in [0.15, 0.2) is 169 Å². The van der Waals surface area contributed by atoms with Crippen molar-refractivity contribution in [1.82, 2.24) is 0 Å². The molecule has 7 aromatic carbocycles. The Hall–Kier alpha value is -6.65. The van der Waals surface area contributed by atoms with E-state index in [0.717, 1.165) is 45.1 Å². The average molecular weight is 662 g/mol. The Kier molecular flexibility index (Phi) is 5.64. The van der Waals surface area contributed by atoms with Gasteiger partial charge in [0.2, 0.25) is 0 Å². The maximum absolute atomic E-state index is 6.76. The molecule has 0 spiro atoms. The third-order valence-electron chi connectivity index (χ3n) is 11.4. The number of hydrogen-bond donors (Lipinski definition) is 0. The van der Waals surface area contributed by atoms with Crippen LogP contribution in [0.1, 0.15) is 17.0 Å². The molecule has 12 rings (SSSR count). The number of allylic oxidation sites excluding steroid dienone is 4. The second kappa shape index (κ2) is 10.4. The second-order valence-electron chi connectivity index (χ2n) is 14.1. The van der Waals surface area contributed by atoms with E-state index in [9.17, 15) is 0 Å². The number of nitrogens with zero attached hydrogens (tertiary/aromatic N) is 1. The van der Waals surface area contributed by atoms with Crippen LogP contribution in [0, 0.1) is 20.9 Å². The second-order valence-corrected chi connectivity index (χ2v) is 14.1. The van der Waals surface area contributed by atoms with Gasteiger partial charge in [0.1, 0.15) is 23.0 Å². The molecule has 0 fully saturated rings. The van der Waals surface area contributed by atoms with Crippen LogP contribution < -0.4 is 36.4 Å². The Morgan fingerprint density at radius 1 is 0.519 bits per heavy atom. The maximum atomic E-state index is 6.76. The molecular weight excluding hydrogens is 633 g/mol. The van der Waals surface area contributed by atoms with Gasteiger partial charge in [-0.25, -0.2) is 4.99 Å². The lowest BCUT2D eigenvalue weighted by Crippen LogP contribution is -2.57. The van der Waals surface area contributed by atoms with Gasteiger partial charge in [-0.1, -0.05) is 133 Å². The van der Waals surface area contributed by atoms with Crippen molar-refractivity contribution in [2.75, 3.05) is 0 Å². The first-order valence-corrected chi connectivity index (χ1v) is 17.9. The molecule has 240 valence electrons. The highest BCUT2D eigenvalue weighted by molar-refractivity contribution is 6.98. The van der Waals surface area contributed by atoms with Crippen molar-refractivity contribution in [2.45, 2.75) is 5.92 Å². The summed E-state index contributed by atoms with van der Waals surface area (Å²) in [6.07, 6.45) is 6.85. The SMILES string of the molecule is C1=CC(c2cc3c4c(c2)Oc2ccccc2B4c2ccccc2O3)\C2=c3/cccc/c3=c3\cccc\c3=c3\c(ccc4c3=Nc3ccccc3-4)C2=C1. The number of para-hydroxylation sites is 3. The van der Waals surface area contributed by atoms with E-state index in [0.29, 0.717) is 0 Å². The summed E-state index contributed by atoms with van der Waals surface area (Å²) in [5, 5.41) is 7.08. The molecule has 52 heavy (non-hydrogen) atoms. The van der Waals surface area contributed by atoms with Crippen LogP contribution in [-0.4, -0.2) is 6.71 Å². The van der Waals surface area contributed by atoms with E-state index >= 15 is 0 Å². The van der Waals surface area contributed by atoms with Gasteiger partial charge < -0.3 is 9.47 Å². The van der Waals surface area contributed by atoms with Crippen LogP contribution in [0.4, 0.5) is 5.69 Å². The molecule has 0 amide bonds. The molecule has 1 atom stereocenters. The molecule has 3 nitrogen and oxygen atoms in total. The summed E-state index contributed by atoms with van der Waals surface area (Å²) >= 11 is 0. The summed E-state index contributed by atoms with van der Waals surface area (Å²) in [7, 11) is 0. The quantitative estimate of drug-likeness (QED) is 0.168. The van der Waals surface area contributed by atoms with Crippen LogP contribution in [0.2, 0.25) is 0 Å². The highest BCUT2D eigenvalue weighted by atomic mass is 16.5. The van der Waals surface area contributed by atoms with Gasteiger partial charge in [0.15, 0.2) is 0 Å². The first kappa shape index (κ1) is 28.1. The fourth-order valence-corrected chi connectivity index (χ4v) is 9.27. The minimum absolute atomic E-state index is 0.0411. The van der Waals surface area contributed by atoms with Crippen molar-refractivity contribution >= 4 is 39.9 Å². The van der Waals surface area contributed by atoms with E-state index in [4.69, 9.17) is 14.5 Å². The van der Waals surface area contributed by atoms with Crippen LogP contribution in [0.5, 0.6) is 23.0 Å². The molecule has 7 aromatic rings. The topological polar surface area (TPSA) is 30.8 Å². The zero-order chi connectivity index (χ0) is 33.9. The molecule has 5 aliphatic rings. The van der Waals surface area contributed by atoms with Crippen molar-refractivity contribution < 1.29 is 9.47 Å². The van der Waals surface area contributed by atoms with Crippen molar-refractivity contribution in [1.29, 1.82) is 0 Å². The van der Waals surface area contributed by atoms with Crippen molar-refractivity contribution in [3.8, 4) is 34.1 Å². The molecule has 3 aliphatic heterocycles. The normalized spacial score (nSPS) is 18.3. The summed E-state index contributed by atoms with van der Waals surface area (Å²) in [5.74, 6) is 3.44. The molecule has 2 aliphatic carbocycles. The Labute approximate surface area is 299 Å². The lowest BCUT2D eigenvalue weighted by molar-refractivity contribution is 0.463. The lowest BCUT2D eigenvalue weighted by atomic mass is 9.35. The number of benzene rings is 7. The minimum atomic E-state index is -0.0665. The monoisotopic (exact) mass is 661 g/mol. The van der Waals surface area contributed by atoms with Gasteiger partial charge in [0, 0.05) is 27.7 Å². The molecule has 0 aromatic heterocycles. The van der Waals surface area contributed by atoms with Crippen LogP contribution in [0.25, 0.3) is 22.3 Å². The summed E-state index contributed by atoms with van der Waals surface area (Å²) in [4.78, 5) is 5.30. The Morgan fingerprint density at radius 3 is 1.87 bits per heavy atom. The third kappa shape index (κ3) is 3.78. The molecule has 0 bridgehead atoms. The van der Waals surface area contributed by atoms with Crippen LogP contribution in [0.3, 0.4) is 0 Å². The summed E-state index contributed by atoms with van der Waals surface area (Å²) in [6, 6.07) is 52.2. The van der Waals surface area contributed by atoms with Crippen molar-refractivity contribution in [2.24, 2.45) is 4.99 Å². The Balaban J connectivity index is 1.16. The molecule has 3 heterocycles. The van der Waals surface area contributed by atoms with Gasteiger partial charge in [0.05, 0.1) is 11.0 Å². The molecule has 0 saturated carbocycles. The zero-order valence-electron chi connectivity index (χ0n) is 28.0. The molecule has 0 radical (unpaired) electrons. The summed E-state index contributed by atoms with van der Waals surface area (Å²) in [6.45, 7) is 0.0411. The van der Waals surface area contributed by atoms with Gasteiger partial charge in [-0.2, -0.15) is 0 Å². The van der Waals surface area contributed by atoms with Gasteiger partial charge in [-0.05, 0) is 84.4 Å². The van der Waals surface area contributed by atoms with Crippen LogP contribution >= 0.6 is 0 Å². The number of fused-ring (bicyclic) bond motifs is 13. The molecule has 0 saturated heterocycles. The van der Waals surface area contributed by atoms with Gasteiger partial charge in [0.25, 0.3) is 6.71 Å². The van der Waals surface area contributed by atoms with Crippen molar-refractivity contribution in [3.05, 3.63) is 206 Å². The minimum Gasteiger partial charge on any atom is -0.458 e. The van der Waals surface area contributed by atoms with Gasteiger partial charge in [-0.3, -0.25) is 0 Å². The number of hydrogen-bond acceptors (Lipinski definition) is 3. The maximum Gasteiger partial charge on any atom is 0.260 e. The third-order valence-corrected chi connectivity index (χ3v) is 11.4.